The number of hydrogen-bond acceptors (Lipinski definition) is 5. The summed E-state index contributed by atoms with van der Waals surface area (Å²) in [5.41, 5.74) is 3.07. The van der Waals surface area contributed by atoms with Crippen LogP contribution in [0.5, 0.6) is 17.2 Å². The third kappa shape index (κ3) is 2.85. The maximum Gasteiger partial charge on any atom is 0.231 e. The number of amides is 1. The van der Waals surface area contributed by atoms with E-state index in [4.69, 9.17) is 14.2 Å². The van der Waals surface area contributed by atoms with Crippen molar-refractivity contribution in [2.45, 2.75) is 18.9 Å². The minimum absolute atomic E-state index is 0.0564. The molecular formula is C21H19N3O4. The van der Waals surface area contributed by atoms with Gasteiger partial charge in [-0.05, 0) is 23.3 Å². The average Bonchev–Trinajstić information content (AvgIpc) is 3.33. The Morgan fingerprint density at radius 1 is 1.25 bits per heavy atom. The van der Waals surface area contributed by atoms with Crippen molar-refractivity contribution >= 4 is 11.7 Å². The molecule has 2 aromatic carbocycles. The molecule has 5 rings (SSSR count). The first-order valence-corrected chi connectivity index (χ1v) is 9.10. The van der Waals surface area contributed by atoms with Gasteiger partial charge in [-0.2, -0.15) is 5.10 Å². The van der Waals surface area contributed by atoms with Gasteiger partial charge in [0.2, 0.25) is 18.4 Å². The zero-order chi connectivity index (χ0) is 19.1. The van der Waals surface area contributed by atoms with E-state index in [9.17, 15) is 4.79 Å². The van der Waals surface area contributed by atoms with Gasteiger partial charge in [0.05, 0.1) is 13.7 Å². The second kappa shape index (κ2) is 6.60. The molecule has 2 aliphatic rings. The lowest BCUT2D eigenvalue weighted by Crippen LogP contribution is -2.23. The highest BCUT2D eigenvalue weighted by atomic mass is 16.7. The Labute approximate surface area is 161 Å². The molecule has 3 aromatic rings. The van der Waals surface area contributed by atoms with Crippen molar-refractivity contribution in [1.82, 2.24) is 9.78 Å². The van der Waals surface area contributed by atoms with Crippen molar-refractivity contribution in [3.05, 3.63) is 65.4 Å². The third-order valence-corrected chi connectivity index (χ3v) is 5.08. The molecule has 2 aliphatic heterocycles. The molecule has 0 fully saturated rings. The summed E-state index contributed by atoms with van der Waals surface area (Å²) in [5, 5.41) is 7.47. The van der Waals surface area contributed by atoms with Gasteiger partial charge in [0.1, 0.15) is 0 Å². The molecule has 0 saturated heterocycles. The van der Waals surface area contributed by atoms with Crippen molar-refractivity contribution in [2.24, 2.45) is 0 Å². The first-order valence-electron chi connectivity index (χ1n) is 9.10. The molecule has 0 aliphatic carbocycles. The van der Waals surface area contributed by atoms with Crippen LogP contribution in [-0.4, -0.2) is 29.6 Å². The molecule has 3 heterocycles. The summed E-state index contributed by atoms with van der Waals surface area (Å²) >= 11 is 0. The minimum atomic E-state index is -0.128. The van der Waals surface area contributed by atoms with Gasteiger partial charge in [-0.3, -0.25) is 9.48 Å². The van der Waals surface area contributed by atoms with E-state index in [1.54, 1.807) is 7.11 Å². The third-order valence-electron chi connectivity index (χ3n) is 5.08. The van der Waals surface area contributed by atoms with Crippen molar-refractivity contribution in [1.29, 1.82) is 0 Å². The Balaban J connectivity index is 1.53. The molecule has 1 aromatic heterocycles. The number of benzene rings is 2. The van der Waals surface area contributed by atoms with Gasteiger partial charge in [0.15, 0.2) is 17.3 Å². The lowest BCUT2D eigenvalue weighted by Gasteiger charge is -2.22. The summed E-state index contributed by atoms with van der Waals surface area (Å²) in [6.07, 6.45) is 2.34. The van der Waals surface area contributed by atoms with Crippen LogP contribution in [0, 0.1) is 0 Å². The van der Waals surface area contributed by atoms with Gasteiger partial charge in [0, 0.05) is 24.1 Å². The van der Waals surface area contributed by atoms with E-state index in [0.29, 0.717) is 36.0 Å². The van der Waals surface area contributed by atoms with Crippen LogP contribution < -0.4 is 19.5 Å². The Morgan fingerprint density at radius 2 is 2.11 bits per heavy atom. The summed E-state index contributed by atoms with van der Waals surface area (Å²) in [6, 6.07) is 13.9. The number of carbonyl (C=O) groups is 1. The van der Waals surface area contributed by atoms with Gasteiger partial charge in [-0.15, -0.1) is 0 Å². The molecular weight excluding hydrogens is 358 g/mol. The lowest BCUT2D eigenvalue weighted by molar-refractivity contribution is -0.116. The number of anilines is 1. The zero-order valence-electron chi connectivity index (χ0n) is 15.3. The molecule has 1 amide bonds. The number of rotatable bonds is 4. The highest BCUT2D eigenvalue weighted by molar-refractivity contribution is 5.94. The van der Waals surface area contributed by atoms with E-state index in [-0.39, 0.29) is 18.6 Å². The van der Waals surface area contributed by atoms with Crippen LogP contribution >= 0.6 is 0 Å². The quantitative estimate of drug-likeness (QED) is 0.756. The highest BCUT2D eigenvalue weighted by Gasteiger charge is 2.32. The number of ether oxygens (including phenoxy) is 3. The Bertz CT molecular complexity index is 1050. The van der Waals surface area contributed by atoms with E-state index in [1.807, 2.05) is 41.2 Å². The van der Waals surface area contributed by atoms with Gasteiger partial charge in [0.25, 0.3) is 0 Å². The molecule has 7 heteroatoms. The average molecular weight is 377 g/mol. The Morgan fingerprint density at radius 3 is 2.93 bits per heavy atom. The minimum Gasteiger partial charge on any atom is -0.493 e. The van der Waals surface area contributed by atoms with Crippen LogP contribution in [0.2, 0.25) is 0 Å². The maximum atomic E-state index is 12.3. The maximum absolute atomic E-state index is 12.3. The number of methoxy groups -OCH3 is 1. The van der Waals surface area contributed by atoms with Crippen molar-refractivity contribution in [3.63, 3.8) is 0 Å². The number of nitrogens with zero attached hydrogens (tertiary/aromatic N) is 2. The topological polar surface area (TPSA) is 74.6 Å². The summed E-state index contributed by atoms with van der Waals surface area (Å²) in [7, 11) is 1.60. The number of carbonyl (C=O) groups excluding carboxylic acids is 1. The SMILES string of the molecule is COc1cc(C2CC(=O)Nc3nn(Cc4ccccc4)cc32)cc2c1OCO2. The summed E-state index contributed by atoms with van der Waals surface area (Å²) in [5.74, 6) is 2.27. The second-order valence-electron chi connectivity index (χ2n) is 6.88. The predicted molar refractivity (Wildman–Crippen MR) is 102 cm³/mol. The fourth-order valence-corrected chi connectivity index (χ4v) is 3.77. The van der Waals surface area contributed by atoms with Crippen molar-refractivity contribution in [2.75, 3.05) is 19.2 Å². The van der Waals surface area contributed by atoms with E-state index in [2.05, 4.69) is 22.5 Å². The number of fused-ring (bicyclic) bond motifs is 2. The lowest BCUT2D eigenvalue weighted by atomic mass is 9.87. The first kappa shape index (κ1) is 16.7. The molecule has 0 spiro atoms. The van der Waals surface area contributed by atoms with Gasteiger partial charge < -0.3 is 19.5 Å². The Hall–Kier alpha value is -3.48. The summed E-state index contributed by atoms with van der Waals surface area (Å²) in [4.78, 5) is 12.3. The second-order valence-corrected chi connectivity index (χ2v) is 6.88. The van der Waals surface area contributed by atoms with E-state index in [0.717, 1.165) is 16.7 Å². The van der Waals surface area contributed by atoms with Crippen molar-refractivity contribution < 1.29 is 19.0 Å². The summed E-state index contributed by atoms with van der Waals surface area (Å²) < 4.78 is 18.4. The van der Waals surface area contributed by atoms with Crippen LogP contribution in [0.25, 0.3) is 0 Å². The number of nitrogens with one attached hydrogen (secondary N) is 1. The van der Waals surface area contributed by atoms with E-state index < -0.39 is 0 Å². The predicted octanol–water partition coefficient (Wildman–Crippen LogP) is 3.14. The number of hydrogen-bond donors (Lipinski definition) is 1. The van der Waals surface area contributed by atoms with E-state index in [1.165, 1.54) is 0 Å². The van der Waals surface area contributed by atoms with Crippen LogP contribution in [0.4, 0.5) is 5.82 Å². The number of aromatic nitrogens is 2. The molecule has 0 radical (unpaired) electrons. The monoisotopic (exact) mass is 377 g/mol. The molecule has 28 heavy (non-hydrogen) atoms. The van der Waals surface area contributed by atoms with E-state index >= 15 is 0 Å². The van der Waals surface area contributed by atoms with Crippen LogP contribution in [0.3, 0.4) is 0 Å². The molecule has 0 saturated carbocycles. The molecule has 142 valence electrons. The van der Waals surface area contributed by atoms with Crippen LogP contribution in [0.1, 0.15) is 29.0 Å². The fraction of sp³-hybridized carbons (Fsp3) is 0.238. The summed E-state index contributed by atoms with van der Waals surface area (Å²) in [6.45, 7) is 0.807. The smallest absolute Gasteiger partial charge is 0.231 e. The molecule has 0 bridgehead atoms. The zero-order valence-corrected chi connectivity index (χ0v) is 15.3. The molecule has 1 atom stereocenters. The largest absolute Gasteiger partial charge is 0.493 e. The van der Waals surface area contributed by atoms with Gasteiger partial charge in [-0.25, -0.2) is 0 Å². The van der Waals surface area contributed by atoms with Gasteiger partial charge >= 0.3 is 0 Å². The van der Waals surface area contributed by atoms with Crippen LogP contribution in [-0.2, 0) is 11.3 Å². The van der Waals surface area contributed by atoms with Crippen LogP contribution in [0.15, 0.2) is 48.7 Å². The normalized spacial score (nSPS) is 17.2. The molecule has 1 N–H and O–H groups in total. The standard InChI is InChI=1S/C21H19N3O4/c1-26-17-7-14(8-18-20(17)28-12-27-18)15-9-19(25)22-21-16(15)11-24(23-21)10-13-5-3-2-4-6-13/h2-8,11,15H,9-10,12H2,1H3,(H,22,23,25). The molecule has 1 unspecified atom stereocenters. The first-order chi connectivity index (χ1) is 13.7. The highest BCUT2D eigenvalue weighted by Crippen LogP contribution is 2.46. The molecule has 7 nitrogen and oxygen atoms in total. The van der Waals surface area contributed by atoms with Gasteiger partial charge in [-0.1, -0.05) is 30.3 Å². The Kier molecular flexibility index (Phi) is 3.93. The van der Waals surface area contributed by atoms with Crippen molar-refractivity contribution in [3.8, 4) is 17.2 Å². The fourth-order valence-electron chi connectivity index (χ4n) is 3.77.